The van der Waals surface area contributed by atoms with Crippen LogP contribution in [-0.2, 0) is 5.54 Å². The number of furan rings is 1. The summed E-state index contributed by atoms with van der Waals surface area (Å²) in [5.74, 6) is 0.706. The summed E-state index contributed by atoms with van der Waals surface area (Å²) < 4.78 is 6.19. The average molecular weight is 409 g/mol. The Morgan fingerprint density at radius 1 is 1.03 bits per heavy atom. The van der Waals surface area contributed by atoms with Crippen LogP contribution in [0.2, 0.25) is 0 Å². The molecule has 31 heavy (non-hydrogen) atoms. The topological polar surface area (TPSA) is 115 Å². The molecule has 2 aromatic carbocycles. The van der Waals surface area contributed by atoms with Gasteiger partial charge in [0.25, 0.3) is 0 Å². The largest absolute Gasteiger partial charge is 0.436 e. The summed E-state index contributed by atoms with van der Waals surface area (Å²) in [6.07, 6.45) is 7.31. The highest BCUT2D eigenvalue weighted by atomic mass is 16.3. The van der Waals surface area contributed by atoms with Crippen LogP contribution in [0.25, 0.3) is 39.3 Å². The molecule has 2 aromatic heterocycles. The van der Waals surface area contributed by atoms with Gasteiger partial charge in [0.15, 0.2) is 0 Å². The van der Waals surface area contributed by atoms with E-state index in [4.69, 9.17) is 26.3 Å². The first kappa shape index (κ1) is 19.2. The maximum atomic E-state index is 7.58. The van der Waals surface area contributed by atoms with Gasteiger partial charge >= 0.3 is 0 Å². The lowest BCUT2D eigenvalue weighted by molar-refractivity contribution is 0.253. The Labute approximate surface area is 180 Å². The van der Waals surface area contributed by atoms with E-state index in [0.29, 0.717) is 28.3 Å². The summed E-state index contributed by atoms with van der Waals surface area (Å²) in [5, 5.41) is 7.58. The Morgan fingerprint density at radius 3 is 2.39 bits per heavy atom. The van der Waals surface area contributed by atoms with Gasteiger partial charge in [-0.25, -0.2) is 9.97 Å². The van der Waals surface area contributed by atoms with Crippen molar-refractivity contribution in [3.63, 3.8) is 0 Å². The third-order valence-corrected chi connectivity index (χ3v) is 6.06. The van der Waals surface area contributed by atoms with Gasteiger partial charge in [0, 0.05) is 29.1 Å². The van der Waals surface area contributed by atoms with Crippen molar-refractivity contribution in [1.29, 1.82) is 5.41 Å². The van der Waals surface area contributed by atoms with E-state index in [-0.39, 0.29) is 5.54 Å². The Bertz CT molecular complexity index is 1290. The van der Waals surface area contributed by atoms with Crippen LogP contribution >= 0.6 is 0 Å². The van der Waals surface area contributed by atoms with Gasteiger partial charge in [-0.15, -0.1) is 0 Å². The summed E-state index contributed by atoms with van der Waals surface area (Å²) in [6, 6.07) is 18.3. The fourth-order valence-electron chi connectivity index (χ4n) is 4.09. The van der Waals surface area contributed by atoms with Gasteiger partial charge in [0.2, 0.25) is 5.71 Å². The summed E-state index contributed by atoms with van der Waals surface area (Å²) in [4.78, 5) is 9.20. The van der Waals surface area contributed by atoms with Gasteiger partial charge in [-0.05, 0) is 30.4 Å². The van der Waals surface area contributed by atoms with Gasteiger partial charge < -0.3 is 21.3 Å². The van der Waals surface area contributed by atoms with Crippen LogP contribution in [-0.4, -0.2) is 16.2 Å². The first-order chi connectivity index (χ1) is 15.1. The highest BCUT2D eigenvalue weighted by Crippen LogP contribution is 2.42. The average Bonchev–Trinajstić information content (AvgIpc) is 3.18. The summed E-state index contributed by atoms with van der Waals surface area (Å²) in [6.45, 7) is 0. The molecule has 0 atom stereocenters. The zero-order chi connectivity index (χ0) is 21.4. The molecule has 1 aliphatic carbocycles. The molecule has 6 heteroatoms. The first-order valence-corrected chi connectivity index (χ1v) is 10.3. The maximum absolute atomic E-state index is 7.58. The molecular weight excluding hydrogens is 386 g/mol. The Hall–Kier alpha value is -3.77. The Kier molecular flexibility index (Phi) is 4.64. The minimum atomic E-state index is -0.204. The fourth-order valence-corrected chi connectivity index (χ4v) is 4.09. The van der Waals surface area contributed by atoms with Crippen molar-refractivity contribution in [3.8, 4) is 22.5 Å². The third kappa shape index (κ3) is 3.21. The van der Waals surface area contributed by atoms with Gasteiger partial charge in [-0.3, -0.25) is 0 Å². The van der Waals surface area contributed by atoms with Crippen LogP contribution in [0.3, 0.4) is 0 Å². The molecule has 154 valence electrons. The first-order valence-electron chi connectivity index (χ1n) is 10.3. The lowest BCUT2D eigenvalue weighted by atomic mass is 9.72. The molecule has 0 radical (unpaired) electrons. The molecule has 5 N–H and O–H groups in total. The van der Waals surface area contributed by atoms with Crippen LogP contribution in [0.1, 0.15) is 30.5 Å². The molecule has 1 fully saturated rings. The summed E-state index contributed by atoms with van der Waals surface area (Å²) in [7, 11) is 0. The zero-order valence-corrected chi connectivity index (χ0v) is 17.0. The number of nitrogens with one attached hydrogen (secondary N) is 1. The van der Waals surface area contributed by atoms with Crippen molar-refractivity contribution in [1.82, 2.24) is 9.97 Å². The highest BCUT2D eigenvalue weighted by molar-refractivity contribution is 6.08. The molecule has 1 aliphatic rings. The quantitative estimate of drug-likeness (QED) is 0.408. The van der Waals surface area contributed by atoms with Crippen molar-refractivity contribution in [2.75, 3.05) is 0 Å². The van der Waals surface area contributed by atoms with E-state index in [0.717, 1.165) is 35.1 Å². The molecule has 1 saturated carbocycles. The normalized spacial score (nSPS) is 15.6. The lowest BCUT2D eigenvalue weighted by Crippen LogP contribution is -2.43. The van der Waals surface area contributed by atoms with E-state index in [2.05, 4.69) is 29.2 Å². The molecule has 0 aliphatic heterocycles. The summed E-state index contributed by atoms with van der Waals surface area (Å²) >= 11 is 0. The van der Waals surface area contributed by atoms with Crippen molar-refractivity contribution >= 4 is 23.0 Å². The predicted molar refractivity (Wildman–Crippen MR) is 123 cm³/mol. The number of nitrogens with zero attached hydrogens (tertiary/aromatic N) is 2. The lowest BCUT2D eigenvalue weighted by Gasteiger charge is -2.38. The second-order valence-electron chi connectivity index (χ2n) is 7.93. The van der Waals surface area contributed by atoms with Crippen molar-refractivity contribution in [2.45, 2.75) is 24.8 Å². The van der Waals surface area contributed by atoms with Crippen LogP contribution in [0, 0.1) is 5.41 Å². The number of allylic oxidation sites excluding steroid dienone is 1. The van der Waals surface area contributed by atoms with Crippen molar-refractivity contribution in [3.05, 3.63) is 78.3 Å². The van der Waals surface area contributed by atoms with Crippen LogP contribution in [0.4, 0.5) is 0 Å². The Balaban J connectivity index is 1.69. The van der Waals surface area contributed by atoms with Gasteiger partial charge in [0.05, 0.1) is 17.5 Å². The van der Waals surface area contributed by atoms with E-state index in [1.807, 2.05) is 30.3 Å². The van der Waals surface area contributed by atoms with Crippen molar-refractivity contribution < 1.29 is 4.42 Å². The molecule has 6 nitrogen and oxygen atoms in total. The molecular formula is C25H23N5O. The highest BCUT2D eigenvalue weighted by Gasteiger charge is 2.34. The van der Waals surface area contributed by atoms with E-state index in [9.17, 15) is 0 Å². The minimum Gasteiger partial charge on any atom is -0.436 e. The number of nitrogens with two attached hydrogens (primary N) is 2. The number of benzene rings is 2. The molecule has 0 bridgehead atoms. The molecule has 0 spiro atoms. The van der Waals surface area contributed by atoms with E-state index in [1.54, 1.807) is 6.20 Å². The van der Waals surface area contributed by atoms with Gasteiger partial charge in [-0.2, -0.15) is 0 Å². The second kappa shape index (κ2) is 7.49. The molecule has 4 aromatic rings. The van der Waals surface area contributed by atoms with E-state index in [1.165, 1.54) is 18.8 Å². The maximum Gasteiger partial charge on any atom is 0.246 e. The Morgan fingerprint density at radius 2 is 1.77 bits per heavy atom. The molecule has 0 unspecified atom stereocenters. The van der Waals surface area contributed by atoms with Gasteiger partial charge in [-0.1, -0.05) is 54.6 Å². The van der Waals surface area contributed by atoms with Gasteiger partial charge in [0.1, 0.15) is 11.3 Å². The molecule has 0 amide bonds. The number of rotatable bonds is 5. The molecule has 5 rings (SSSR count). The van der Waals surface area contributed by atoms with Crippen LogP contribution in [0.15, 0.2) is 71.4 Å². The van der Waals surface area contributed by atoms with Crippen molar-refractivity contribution in [2.24, 2.45) is 11.5 Å². The smallest absolute Gasteiger partial charge is 0.246 e. The predicted octanol–water partition coefficient (Wildman–Crippen LogP) is 4.84. The number of fused-ring (bicyclic) bond motifs is 1. The second-order valence-corrected chi connectivity index (χ2v) is 7.93. The SMILES string of the molecule is N=C/C(=C\N)c1cnc2oc(-c3ccc(C4(N)CCC4)cc3)c(-c3ccccc3)c2n1. The fraction of sp³-hybridized carbons (Fsp3) is 0.160. The number of hydrogen-bond donors (Lipinski definition) is 3. The zero-order valence-electron chi connectivity index (χ0n) is 17.0. The third-order valence-electron chi connectivity index (χ3n) is 6.06. The summed E-state index contributed by atoms with van der Waals surface area (Å²) in [5.41, 5.74) is 18.0. The van der Waals surface area contributed by atoms with Crippen LogP contribution < -0.4 is 11.5 Å². The molecule has 0 saturated heterocycles. The number of aromatic nitrogens is 2. The molecule has 2 heterocycles. The van der Waals surface area contributed by atoms with Crippen LogP contribution in [0.5, 0.6) is 0 Å². The monoisotopic (exact) mass is 409 g/mol. The van der Waals surface area contributed by atoms with E-state index >= 15 is 0 Å². The minimum absolute atomic E-state index is 0.204. The standard InChI is InChI=1S/C25H23N5O/c26-13-18(14-27)20-15-29-24-22(30-20)21(16-5-2-1-3-6-16)23(31-24)17-7-9-19(10-8-17)25(28)11-4-12-25/h1-3,5-10,13-15,26H,4,11-12,27-28H2/b18-14+,26-13?. The van der Waals surface area contributed by atoms with E-state index < -0.39 is 0 Å². The number of hydrogen-bond acceptors (Lipinski definition) is 6.